The molecule has 1 aromatic rings. The molecule has 0 spiro atoms. The predicted molar refractivity (Wildman–Crippen MR) is 116 cm³/mol. The van der Waals surface area contributed by atoms with Crippen molar-refractivity contribution in [3.8, 4) is 0 Å². The molecule has 0 radical (unpaired) electrons. The van der Waals surface area contributed by atoms with Crippen LogP contribution in [0.4, 0.5) is 4.39 Å². The van der Waals surface area contributed by atoms with E-state index in [2.05, 4.69) is 10.6 Å². The second kappa shape index (κ2) is 11.9. The van der Waals surface area contributed by atoms with Crippen molar-refractivity contribution in [3.05, 3.63) is 35.6 Å². The van der Waals surface area contributed by atoms with Gasteiger partial charge in [-0.05, 0) is 55.9 Å². The molecule has 0 bridgehead atoms. The van der Waals surface area contributed by atoms with Gasteiger partial charge in [0, 0.05) is 25.6 Å². The number of nitrogens with two attached hydrogens (primary N) is 1. The summed E-state index contributed by atoms with van der Waals surface area (Å²) in [5.41, 5.74) is 6.73. The zero-order valence-corrected chi connectivity index (χ0v) is 18.3. The van der Waals surface area contributed by atoms with E-state index >= 15 is 0 Å². The smallest absolute Gasteiger partial charge is 0.242 e. The van der Waals surface area contributed by atoms with E-state index in [0.717, 1.165) is 11.3 Å². The SMILES string of the molecule is CSCC[C@H](N)C(=O)N1CCC(C(=O)N[C@@H](C)C(=O)NCc2ccc(F)cc2)CC1. The zero-order valence-electron chi connectivity index (χ0n) is 17.5. The molecule has 3 amide bonds. The monoisotopic (exact) mass is 438 g/mol. The van der Waals surface area contributed by atoms with Crippen LogP contribution in [0.15, 0.2) is 24.3 Å². The molecular formula is C21H31FN4O3S. The minimum absolute atomic E-state index is 0.0588. The first-order chi connectivity index (χ1) is 14.3. The van der Waals surface area contributed by atoms with E-state index in [1.807, 2.05) is 6.26 Å². The number of nitrogens with one attached hydrogen (secondary N) is 2. The average molecular weight is 439 g/mol. The van der Waals surface area contributed by atoms with Gasteiger partial charge in [0.1, 0.15) is 11.9 Å². The van der Waals surface area contributed by atoms with Crippen molar-refractivity contribution in [1.29, 1.82) is 0 Å². The number of amides is 3. The highest BCUT2D eigenvalue weighted by atomic mass is 32.2. The number of benzene rings is 1. The van der Waals surface area contributed by atoms with Gasteiger partial charge in [-0.3, -0.25) is 14.4 Å². The Kier molecular flexibility index (Phi) is 9.58. The van der Waals surface area contributed by atoms with E-state index in [1.54, 1.807) is 35.7 Å². The molecule has 0 aliphatic carbocycles. The number of thioether (sulfide) groups is 1. The number of hydrogen-bond acceptors (Lipinski definition) is 5. The Morgan fingerprint density at radius 2 is 1.87 bits per heavy atom. The largest absolute Gasteiger partial charge is 0.350 e. The van der Waals surface area contributed by atoms with Crippen molar-refractivity contribution >= 4 is 29.5 Å². The van der Waals surface area contributed by atoms with Crippen molar-refractivity contribution in [3.63, 3.8) is 0 Å². The summed E-state index contributed by atoms with van der Waals surface area (Å²) in [6.07, 6.45) is 3.73. The fourth-order valence-corrected chi connectivity index (χ4v) is 3.80. The molecule has 7 nitrogen and oxygen atoms in total. The number of rotatable bonds is 9. The Hall–Kier alpha value is -2.13. The number of halogens is 1. The minimum atomic E-state index is -0.683. The second-order valence-electron chi connectivity index (χ2n) is 7.56. The lowest BCUT2D eigenvalue weighted by Gasteiger charge is -2.33. The highest BCUT2D eigenvalue weighted by Gasteiger charge is 2.30. The maximum absolute atomic E-state index is 12.9. The summed E-state index contributed by atoms with van der Waals surface area (Å²) in [7, 11) is 0. The first kappa shape index (κ1) is 24.1. The van der Waals surface area contributed by atoms with Gasteiger partial charge in [-0.25, -0.2) is 4.39 Å². The van der Waals surface area contributed by atoms with Gasteiger partial charge in [0.15, 0.2) is 0 Å². The molecule has 1 aromatic carbocycles. The van der Waals surface area contributed by atoms with Gasteiger partial charge in [-0.1, -0.05) is 12.1 Å². The molecule has 2 rings (SSSR count). The maximum atomic E-state index is 12.9. The Labute approximate surface area is 181 Å². The molecule has 0 saturated carbocycles. The average Bonchev–Trinajstić information content (AvgIpc) is 2.76. The topological polar surface area (TPSA) is 105 Å². The number of nitrogens with zero attached hydrogens (tertiary/aromatic N) is 1. The summed E-state index contributed by atoms with van der Waals surface area (Å²) in [6, 6.07) is 4.69. The van der Waals surface area contributed by atoms with Gasteiger partial charge >= 0.3 is 0 Å². The van der Waals surface area contributed by atoms with Gasteiger partial charge < -0.3 is 21.3 Å². The number of carbonyl (C=O) groups is 3. The summed E-state index contributed by atoms with van der Waals surface area (Å²) in [5.74, 6) is -0.272. The molecule has 30 heavy (non-hydrogen) atoms. The second-order valence-corrected chi connectivity index (χ2v) is 8.55. The van der Waals surface area contributed by atoms with Crippen LogP contribution in [0.2, 0.25) is 0 Å². The van der Waals surface area contributed by atoms with Gasteiger partial charge in [0.2, 0.25) is 17.7 Å². The summed E-state index contributed by atoms with van der Waals surface area (Å²) in [4.78, 5) is 38.9. The summed E-state index contributed by atoms with van der Waals surface area (Å²) >= 11 is 1.66. The lowest BCUT2D eigenvalue weighted by atomic mass is 9.95. The van der Waals surface area contributed by atoms with Gasteiger partial charge in [-0.2, -0.15) is 11.8 Å². The van der Waals surface area contributed by atoms with Crippen LogP contribution < -0.4 is 16.4 Å². The first-order valence-corrected chi connectivity index (χ1v) is 11.6. The molecule has 4 N–H and O–H groups in total. The lowest BCUT2D eigenvalue weighted by Crippen LogP contribution is -2.51. The van der Waals surface area contributed by atoms with Gasteiger partial charge in [-0.15, -0.1) is 0 Å². The Morgan fingerprint density at radius 1 is 1.23 bits per heavy atom. The number of hydrogen-bond donors (Lipinski definition) is 3. The fourth-order valence-electron chi connectivity index (χ4n) is 3.31. The van der Waals surface area contributed by atoms with E-state index in [-0.39, 0.29) is 36.0 Å². The van der Waals surface area contributed by atoms with Crippen LogP contribution in [-0.4, -0.2) is 59.8 Å². The standard InChI is InChI=1S/C21H31FN4O3S/c1-14(19(27)24-13-15-3-5-17(22)6-4-15)25-20(28)16-7-10-26(11-8-16)21(29)18(23)9-12-30-2/h3-6,14,16,18H,7-13,23H2,1-2H3,(H,24,27)(H,25,28)/t14-,18-/m0/s1. The van der Waals surface area contributed by atoms with Crippen LogP contribution in [0.5, 0.6) is 0 Å². The molecule has 166 valence electrons. The van der Waals surface area contributed by atoms with Crippen LogP contribution in [0.1, 0.15) is 31.7 Å². The third kappa shape index (κ3) is 7.28. The molecule has 0 aromatic heterocycles. The number of likely N-dealkylation sites (tertiary alicyclic amines) is 1. The minimum Gasteiger partial charge on any atom is -0.350 e. The normalized spacial score (nSPS) is 16.6. The molecule has 1 heterocycles. The lowest BCUT2D eigenvalue weighted by molar-refractivity contribution is -0.137. The van der Waals surface area contributed by atoms with Gasteiger partial charge in [0.05, 0.1) is 6.04 Å². The molecule has 1 aliphatic rings. The summed E-state index contributed by atoms with van der Waals surface area (Å²) < 4.78 is 12.9. The fraction of sp³-hybridized carbons (Fsp3) is 0.571. The van der Waals surface area contributed by atoms with Crippen LogP contribution in [0.25, 0.3) is 0 Å². The third-order valence-corrected chi connectivity index (χ3v) is 5.90. The molecule has 9 heteroatoms. The van der Waals surface area contributed by atoms with E-state index in [1.165, 1.54) is 12.1 Å². The third-order valence-electron chi connectivity index (χ3n) is 5.26. The van der Waals surface area contributed by atoms with Gasteiger partial charge in [0.25, 0.3) is 0 Å². The van der Waals surface area contributed by atoms with Crippen LogP contribution >= 0.6 is 11.8 Å². The van der Waals surface area contributed by atoms with Crippen molar-refractivity contribution in [2.45, 2.75) is 44.8 Å². The Morgan fingerprint density at radius 3 is 2.47 bits per heavy atom. The summed E-state index contributed by atoms with van der Waals surface area (Å²) in [5, 5.41) is 5.48. The van der Waals surface area contributed by atoms with Crippen molar-refractivity contribution < 1.29 is 18.8 Å². The van der Waals surface area contributed by atoms with E-state index < -0.39 is 12.1 Å². The molecular weight excluding hydrogens is 407 g/mol. The molecule has 1 fully saturated rings. The zero-order chi connectivity index (χ0) is 22.1. The molecule has 2 atom stereocenters. The van der Waals surface area contributed by atoms with Crippen molar-refractivity contribution in [1.82, 2.24) is 15.5 Å². The van der Waals surface area contributed by atoms with Crippen LogP contribution in [-0.2, 0) is 20.9 Å². The van der Waals surface area contributed by atoms with Crippen LogP contribution in [0, 0.1) is 11.7 Å². The Bertz CT molecular complexity index is 723. The van der Waals surface area contributed by atoms with Crippen LogP contribution in [0.3, 0.4) is 0 Å². The van der Waals surface area contributed by atoms with Crippen molar-refractivity contribution in [2.75, 3.05) is 25.1 Å². The van der Waals surface area contributed by atoms with Crippen molar-refractivity contribution in [2.24, 2.45) is 11.7 Å². The van der Waals surface area contributed by atoms with E-state index in [9.17, 15) is 18.8 Å². The van der Waals surface area contributed by atoms with E-state index in [4.69, 9.17) is 5.73 Å². The number of piperidine rings is 1. The molecule has 1 saturated heterocycles. The van der Waals surface area contributed by atoms with E-state index in [0.29, 0.717) is 32.4 Å². The molecule has 1 aliphatic heterocycles. The summed E-state index contributed by atoms with van der Waals surface area (Å²) in [6.45, 7) is 2.88. The first-order valence-electron chi connectivity index (χ1n) is 10.2. The Balaban J connectivity index is 1.73. The quantitative estimate of drug-likeness (QED) is 0.539. The number of carbonyl (C=O) groups excluding carboxylic acids is 3. The highest BCUT2D eigenvalue weighted by Crippen LogP contribution is 2.18. The highest BCUT2D eigenvalue weighted by molar-refractivity contribution is 7.98. The maximum Gasteiger partial charge on any atom is 0.242 e. The molecule has 0 unspecified atom stereocenters. The predicted octanol–water partition coefficient (Wildman–Crippen LogP) is 1.27.